The van der Waals surface area contributed by atoms with E-state index in [1.54, 1.807) is 30.3 Å². The van der Waals surface area contributed by atoms with Crippen molar-refractivity contribution in [1.82, 2.24) is 4.57 Å². The number of anilines is 2. The highest BCUT2D eigenvalue weighted by Gasteiger charge is 2.18. The van der Waals surface area contributed by atoms with Gasteiger partial charge in [0.1, 0.15) is 0 Å². The van der Waals surface area contributed by atoms with Gasteiger partial charge in [0.05, 0.1) is 15.3 Å². The number of para-hydroxylation sites is 1. The number of rotatable bonds is 6. The Morgan fingerprint density at radius 3 is 1.94 bits per heavy atom. The SMILES string of the molecule is Cn1c(=O)oc2cc(S(=O)(=O)Nc3ccc(S(=O)(=O)Nc4ccccc4)cc3)ccc21. The lowest BCUT2D eigenvalue weighted by Crippen LogP contribution is -2.14. The molecule has 9 nitrogen and oxygen atoms in total. The van der Waals surface area contributed by atoms with E-state index in [9.17, 15) is 21.6 Å². The summed E-state index contributed by atoms with van der Waals surface area (Å²) in [6, 6.07) is 17.8. The second-order valence-electron chi connectivity index (χ2n) is 6.66. The zero-order chi connectivity index (χ0) is 22.2. The van der Waals surface area contributed by atoms with E-state index in [1.807, 2.05) is 0 Å². The van der Waals surface area contributed by atoms with E-state index >= 15 is 0 Å². The van der Waals surface area contributed by atoms with Gasteiger partial charge in [0.25, 0.3) is 20.0 Å². The van der Waals surface area contributed by atoms with Gasteiger partial charge in [-0.05, 0) is 48.5 Å². The average Bonchev–Trinajstić information content (AvgIpc) is 3.02. The van der Waals surface area contributed by atoms with E-state index in [0.717, 1.165) is 0 Å². The standard InChI is InChI=1S/C20H17N3O6S2/c1-23-18-12-11-17(13-19(18)29-20(23)24)31(27,28)22-15-7-9-16(10-8-15)30(25,26)21-14-5-3-2-4-6-14/h2-13,21-22H,1H3. The van der Waals surface area contributed by atoms with Gasteiger partial charge in [-0.2, -0.15) is 0 Å². The summed E-state index contributed by atoms with van der Waals surface area (Å²) in [5, 5.41) is 0. The van der Waals surface area contributed by atoms with Crippen molar-refractivity contribution < 1.29 is 21.3 Å². The molecule has 0 aliphatic heterocycles. The zero-order valence-electron chi connectivity index (χ0n) is 16.1. The van der Waals surface area contributed by atoms with E-state index in [1.165, 1.54) is 54.1 Å². The van der Waals surface area contributed by atoms with E-state index in [4.69, 9.17) is 4.42 Å². The Labute approximate surface area is 178 Å². The first-order valence-corrected chi connectivity index (χ1v) is 11.9. The summed E-state index contributed by atoms with van der Waals surface area (Å²) >= 11 is 0. The predicted molar refractivity (Wildman–Crippen MR) is 116 cm³/mol. The van der Waals surface area contributed by atoms with Crippen molar-refractivity contribution in [3.63, 3.8) is 0 Å². The minimum Gasteiger partial charge on any atom is -0.408 e. The van der Waals surface area contributed by atoms with Crippen LogP contribution in [0.15, 0.2) is 91.8 Å². The molecule has 11 heteroatoms. The summed E-state index contributed by atoms with van der Waals surface area (Å²) in [4.78, 5) is 11.5. The van der Waals surface area contributed by atoms with Gasteiger partial charge in [0, 0.05) is 24.5 Å². The number of aromatic nitrogens is 1. The molecule has 1 heterocycles. The Morgan fingerprint density at radius 1 is 0.742 bits per heavy atom. The number of benzene rings is 3. The van der Waals surface area contributed by atoms with E-state index in [2.05, 4.69) is 9.44 Å². The lowest BCUT2D eigenvalue weighted by molar-refractivity contribution is 0.527. The number of hydrogen-bond acceptors (Lipinski definition) is 6. The Bertz CT molecular complexity index is 1520. The van der Waals surface area contributed by atoms with Gasteiger partial charge in [-0.1, -0.05) is 18.2 Å². The Kier molecular flexibility index (Phi) is 5.07. The smallest absolute Gasteiger partial charge is 0.408 e. The molecule has 0 fully saturated rings. The number of aryl methyl sites for hydroxylation is 1. The van der Waals surface area contributed by atoms with E-state index < -0.39 is 25.8 Å². The molecule has 0 aliphatic rings. The number of hydrogen-bond donors (Lipinski definition) is 2. The summed E-state index contributed by atoms with van der Waals surface area (Å²) in [7, 11) is -6.30. The Morgan fingerprint density at radius 2 is 1.29 bits per heavy atom. The maximum Gasteiger partial charge on any atom is 0.419 e. The molecule has 0 saturated heterocycles. The molecular weight excluding hydrogens is 442 g/mol. The van der Waals surface area contributed by atoms with Crippen LogP contribution in [0.5, 0.6) is 0 Å². The van der Waals surface area contributed by atoms with Crippen LogP contribution in [0.2, 0.25) is 0 Å². The molecule has 2 N–H and O–H groups in total. The van der Waals surface area contributed by atoms with Crippen molar-refractivity contribution in [3.05, 3.63) is 83.3 Å². The molecular formula is C20H17N3O6S2. The van der Waals surface area contributed by atoms with Crippen molar-refractivity contribution >= 4 is 42.5 Å². The highest BCUT2D eigenvalue weighted by molar-refractivity contribution is 7.93. The monoisotopic (exact) mass is 459 g/mol. The molecule has 0 radical (unpaired) electrons. The second-order valence-corrected chi connectivity index (χ2v) is 10.0. The molecule has 0 saturated carbocycles. The fraction of sp³-hybridized carbons (Fsp3) is 0.0500. The molecule has 4 rings (SSSR count). The molecule has 3 aromatic carbocycles. The van der Waals surface area contributed by atoms with Crippen LogP contribution in [-0.2, 0) is 27.1 Å². The van der Waals surface area contributed by atoms with Crippen molar-refractivity contribution in [2.24, 2.45) is 7.05 Å². The molecule has 0 unspecified atom stereocenters. The molecule has 0 aliphatic carbocycles. The first kappa shape index (κ1) is 20.7. The first-order valence-electron chi connectivity index (χ1n) is 8.96. The van der Waals surface area contributed by atoms with E-state index in [0.29, 0.717) is 11.2 Å². The van der Waals surface area contributed by atoms with Crippen molar-refractivity contribution in [2.75, 3.05) is 9.44 Å². The third kappa shape index (κ3) is 4.18. The van der Waals surface area contributed by atoms with Crippen LogP contribution < -0.4 is 15.2 Å². The van der Waals surface area contributed by atoms with Gasteiger partial charge in [-0.25, -0.2) is 21.6 Å². The lowest BCUT2D eigenvalue weighted by Gasteiger charge is -2.10. The van der Waals surface area contributed by atoms with Gasteiger partial charge >= 0.3 is 5.76 Å². The number of oxazole rings is 1. The summed E-state index contributed by atoms with van der Waals surface area (Å²) in [5.74, 6) is -0.599. The third-order valence-corrected chi connectivity index (χ3v) is 7.29. The highest BCUT2D eigenvalue weighted by atomic mass is 32.2. The summed E-state index contributed by atoms with van der Waals surface area (Å²) in [5.41, 5.74) is 1.19. The van der Waals surface area contributed by atoms with Gasteiger partial charge in [-0.15, -0.1) is 0 Å². The van der Waals surface area contributed by atoms with Crippen LogP contribution in [0.3, 0.4) is 0 Å². The molecule has 160 valence electrons. The fourth-order valence-electron chi connectivity index (χ4n) is 2.92. The fourth-order valence-corrected chi connectivity index (χ4v) is 5.05. The minimum atomic E-state index is -3.99. The third-order valence-electron chi connectivity index (χ3n) is 4.52. The maximum atomic E-state index is 12.7. The number of fused-ring (bicyclic) bond motifs is 1. The van der Waals surface area contributed by atoms with Crippen LogP contribution in [0, 0.1) is 0 Å². The van der Waals surface area contributed by atoms with Crippen LogP contribution in [0.1, 0.15) is 0 Å². The minimum absolute atomic E-state index is 0.0215. The van der Waals surface area contributed by atoms with Crippen molar-refractivity contribution in [3.8, 4) is 0 Å². The predicted octanol–water partition coefficient (Wildman–Crippen LogP) is 2.73. The first-order chi connectivity index (χ1) is 14.7. The molecule has 0 atom stereocenters. The van der Waals surface area contributed by atoms with Crippen molar-refractivity contribution in [2.45, 2.75) is 9.79 Å². The van der Waals surface area contributed by atoms with Gasteiger partial charge in [0.15, 0.2) is 5.58 Å². The van der Waals surface area contributed by atoms with Crippen LogP contribution >= 0.6 is 0 Å². The largest absolute Gasteiger partial charge is 0.419 e. The highest BCUT2D eigenvalue weighted by Crippen LogP contribution is 2.22. The van der Waals surface area contributed by atoms with Gasteiger partial charge in [-0.3, -0.25) is 14.0 Å². The summed E-state index contributed by atoms with van der Waals surface area (Å²) in [6.07, 6.45) is 0. The normalized spacial score (nSPS) is 12.0. The Balaban J connectivity index is 1.56. The Hall–Kier alpha value is -3.57. The number of sulfonamides is 2. The number of nitrogens with one attached hydrogen (secondary N) is 2. The molecule has 4 aromatic rings. The van der Waals surface area contributed by atoms with Gasteiger partial charge < -0.3 is 4.42 Å². The lowest BCUT2D eigenvalue weighted by atomic mass is 10.3. The molecule has 0 bridgehead atoms. The summed E-state index contributed by atoms with van der Waals surface area (Å²) in [6.45, 7) is 0. The quantitative estimate of drug-likeness (QED) is 0.456. The second kappa shape index (κ2) is 7.60. The molecule has 1 aromatic heterocycles. The average molecular weight is 460 g/mol. The molecule has 0 spiro atoms. The van der Waals surface area contributed by atoms with E-state index in [-0.39, 0.29) is 21.1 Å². The maximum absolute atomic E-state index is 12.7. The van der Waals surface area contributed by atoms with Crippen LogP contribution in [-0.4, -0.2) is 21.4 Å². The van der Waals surface area contributed by atoms with Crippen molar-refractivity contribution in [1.29, 1.82) is 0 Å². The molecule has 31 heavy (non-hydrogen) atoms. The van der Waals surface area contributed by atoms with Crippen LogP contribution in [0.4, 0.5) is 11.4 Å². The molecule has 0 amide bonds. The number of nitrogens with zero attached hydrogens (tertiary/aromatic N) is 1. The van der Waals surface area contributed by atoms with Crippen LogP contribution in [0.25, 0.3) is 11.1 Å². The zero-order valence-corrected chi connectivity index (χ0v) is 17.8. The topological polar surface area (TPSA) is 127 Å². The van der Waals surface area contributed by atoms with Gasteiger partial charge in [0.2, 0.25) is 0 Å². The summed E-state index contributed by atoms with van der Waals surface area (Å²) < 4.78 is 61.5.